The summed E-state index contributed by atoms with van der Waals surface area (Å²) in [5.74, 6) is 0. The van der Waals surface area contributed by atoms with E-state index in [-0.39, 0.29) is 11.2 Å². The highest BCUT2D eigenvalue weighted by molar-refractivity contribution is 5.36. The third-order valence-electron chi connectivity index (χ3n) is 1.71. The Balaban J connectivity index is 0.000000162. The number of aromatic nitrogens is 2. The van der Waals surface area contributed by atoms with Gasteiger partial charge in [0.15, 0.2) is 5.69 Å². The molecular formula is C10H12N4O. The summed E-state index contributed by atoms with van der Waals surface area (Å²) >= 11 is 0. The van der Waals surface area contributed by atoms with E-state index in [0.717, 1.165) is 0 Å². The number of aryl methyl sites for hydroxylation is 1. The number of rotatable bonds is 1. The number of hydrogen-bond acceptors (Lipinski definition) is 3. The molecule has 1 heterocycles. The van der Waals surface area contributed by atoms with Crippen molar-refractivity contribution in [3.8, 4) is 0 Å². The topological polar surface area (TPSA) is 84.9 Å². The maximum Gasteiger partial charge on any atom is 0.291 e. The number of nitrogens with zero attached hydrogens (tertiary/aromatic N) is 1. The summed E-state index contributed by atoms with van der Waals surface area (Å²) in [6, 6.07) is 12.0. The Kier molecular flexibility index (Phi) is 4.03. The van der Waals surface area contributed by atoms with Crippen molar-refractivity contribution in [1.29, 1.82) is 5.53 Å². The van der Waals surface area contributed by atoms with Gasteiger partial charge < -0.3 is 5.10 Å². The third kappa shape index (κ3) is 3.22. The smallest absolute Gasteiger partial charge is 0.291 e. The molecule has 0 atom stereocenters. The highest BCUT2D eigenvalue weighted by Crippen LogP contribution is 2.05. The van der Waals surface area contributed by atoms with Crippen LogP contribution in [0, 0.1) is 12.5 Å². The number of aromatic amines is 2. The van der Waals surface area contributed by atoms with Crippen LogP contribution >= 0.6 is 0 Å². The Bertz CT molecular complexity index is 431. The molecule has 5 nitrogen and oxygen atoms in total. The van der Waals surface area contributed by atoms with Crippen LogP contribution in [0.2, 0.25) is 0 Å². The van der Waals surface area contributed by atoms with E-state index in [0.29, 0.717) is 5.69 Å². The molecule has 1 aromatic carbocycles. The minimum atomic E-state index is -0.345. The van der Waals surface area contributed by atoms with Gasteiger partial charge in [0.05, 0.1) is 5.69 Å². The van der Waals surface area contributed by atoms with Crippen LogP contribution in [0.15, 0.2) is 46.3 Å². The predicted octanol–water partition coefficient (Wildman–Crippen LogP) is 2.36. The zero-order chi connectivity index (χ0) is 11.1. The summed E-state index contributed by atoms with van der Waals surface area (Å²) in [4.78, 5) is 10.6. The van der Waals surface area contributed by atoms with Crippen molar-refractivity contribution in [2.24, 2.45) is 5.11 Å². The van der Waals surface area contributed by atoms with Crippen molar-refractivity contribution in [3.63, 3.8) is 0 Å². The van der Waals surface area contributed by atoms with Crippen molar-refractivity contribution in [3.05, 3.63) is 52.4 Å². The Hall–Kier alpha value is -2.17. The first kappa shape index (κ1) is 10.9. The molecule has 0 aliphatic rings. The van der Waals surface area contributed by atoms with Crippen LogP contribution in [0.4, 0.5) is 5.69 Å². The first-order valence-corrected chi connectivity index (χ1v) is 4.40. The fourth-order valence-corrected chi connectivity index (χ4v) is 0.959. The quantitative estimate of drug-likeness (QED) is 0.612. The van der Waals surface area contributed by atoms with E-state index >= 15 is 0 Å². The molecule has 0 unspecified atom stereocenters. The molecule has 5 heteroatoms. The van der Waals surface area contributed by atoms with E-state index < -0.39 is 0 Å². The van der Waals surface area contributed by atoms with Crippen molar-refractivity contribution in [2.75, 3.05) is 0 Å². The van der Waals surface area contributed by atoms with Crippen LogP contribution in [0.25, 0.3) is 0 Å². The van der Waals surface area contributed by atoms with Gasteiger partial charge in [-0.15, -0.1) is 0 Å². The average molecular weight is 204 g/mol. The molecule has 2 aromatic rings. The molecule has 0 bridgehead atoms. The molecule has 0 aliphatic heterocycles. The van der Waals surface area contributed by atoms with Crippen LogP contribution in [0.5, 0.6) is 0 Å². The molecule has 2 rings (SSSR count). The lowest BCUT2D eigenvalue weighted by Crippen LogP contribution is -1.96. The molecule has 0 amide bonds. The van der Waals surface area contributed by atoms with Crippen molar-refractivity contribution in [1.82, 2.24) is 10.2 Å². The van der Waals surface area contributed by atoms with E-state index in [1.165, 1.54) is 0 Å². The van der Waals surface area contributed by atoms with Gasteiger partial charge in [0.25, 0.3) is 5.56 Å². The van der Waals surface area contributed by atoms with Gasteiger partial charge in [-0.05, 0) is 6.92 Å². The lowest BCUT2D eigenvalue weighted by atomic mass is 10.4. The van der Waals surface area contributed by atoms with Crippen LogP contribution < -0.4 is 5.56 Å². The largest absolute Gasteiger partial charge is 0.300 e. The molecule has 3 N–H and O–H groups in total. The highest BCUT2D eigenvalue weighted by Gasteiger charge is 2.01. The number of benzene rings is 1. The average Bonchev–Trinajstić information content (AvgIpc) is 2.61. The van der Waals surface area contributed by atoms with Crippen LogP contribution in [0.1, 0.15) is 5.69 Å². The Morgan fingerprint density at radius 2 is 1.53 bits per heavy atom. The number of H-pyrrole nitrogens is 2. The minimum absolute atomic E-state index is 0.148. The zero-order valence-electron chi connectivity index (χ0n) is 8.32. The highest BCUT2D eigenvalue weighted by atomic mass is 16.1. The molecule has 0 aliphatic carbocycles. The first-order chi connectivity index (χ1) is 7.25. The molecule has 0 fully saturated rings. The third-order valence-corrected chi connectivity index (χ3v) is 1.71. The number of nitrogens with one attached hydrogen (secondary N) is 3. The summed E-state index contributed by atoms with van der Waals surface area (Å²) in [5.41, 5.74) is 6.92. The maximum absolute atomic E-state index is 10.6. The molecule has 0 spiro atoms. The molecule has 0 saturated heterocycles. The van der Waals surface area contributed by atoms with Crippen molar-refractivity contribution in [2.45, 2.75) is 6.92 Å². The minimum Gasteiger partial charge on any atom is -0.300 e. The Morgan fingerprint density at radius 3 is 1.73 bits per heavy atom. The molecular weight excluding hydrogens is 192 g/mol. The van der Waals surface area contributed by atoms with Gasteiger partial charge in [0.1, 0.15) is 0 Å². The summed E-state index contributed by atoms with van der Waals surface area (Å²) in [6.07, 6.45) is 0. The number of hydrogen-bond donors (Lipinski definition) is 3. The lowest BCUT2D eigenvalue weighted by molar-refractivity contribution is 1.02. The lowest BCUT2D eigenvalue weighted by Gasteiger charge is -1.78. The fraction of sp³-hybridized carbons (Fsp3) is 0.100. The maximum atomic E-state index is 10.6. The Labute approximate surface area is 86.7 Å². The van der Waals surface area contributed by atoms with Gasteiger partial charge in [-0.1, -0.05) is 36.4 Å². The fourth-order valence-electron chi connectivity index (χ4n) is 0.959. The van der Waals surface area contributed by atoms with E-state index in [4.69, 9.17) is 5.53 Å². The monoisotopic (exact) mass is 204 g/mol. The molecule has 78 valence electrons. The standard InChI is InChI=1S/C6H6.C4H6N4O/c1-2-4-6-5-3-1;1-2-3(6-5)4(9)8-7-2/h1-6H;5H,1H3,(H2,7,8,9). The summed E-state index contributed by atoms with van der Waals surface area (Å²) in [5, 5.41) is 7.83. The predicted molar refractivity (Wildman–Crippen MR) is 57.4 cm³/mol. The second kappa shape index (κ2) is 5.54. The summed E-state index contributed by atoms with van der Waals surface area (Å²) < 4.78 is 0. The van der Waals surface area contributed by atoms with E-state index in [2.05, 4.69) is 15.3 Å². The van der Waals surface area contributed by atoms with E-state index in [1.54, 1.807) is 6.92 Å². The van der Waals surface area contributed by atoms with Gasteiger partial charge in [0.2, 0.25) is 0 Å². The van der Waals surface area contributed by atoms with Gasteiger partial charge in [0, 0.05) is 0 Å². The molecule has 1 aromatic heterocycles. The molecule has 15 heavy (non-hydrogen) atoms. The SMILES string of the molecule is Cc1[nH][nH]c(=O)c1N=N.c1ccccc1. The normalized spacial score (nSPS) is 8.87. The van der Waals surface area contributed by atoms with Crippen molar-refractivity contribution < 1.29 is 0 Å². The van der Waals surface area contributed by atoms with Crippen LogP contribution in [-0.4, -0.2) is 10.2 Å². The van der Waals surface area contributed by atoms with Gasteiger partial charge in [-0.3, -0.25) is 9.89 Å². The van der Waals surface area contributed by atoms with Crippen molar-refractivity contribution >= 4 is 5.69 Å². The summed E-state index contributed by atoms with van der Waals surface area (Å²) in [7, 11) is 0. The van der Waals surface area contributed by atoms with Gasteiger partial charge in [-0.2, -0.15) is 5.11 Å². The van der Waals surface area contributed by atoms with E-state index in [9.17, 15) is 4.79 Å². The molecule has 0 radical (unpaired) electrons. The second-order valence-corrected chi connectivity index (χ2v) is 2.82. The van der Waals surface area contributed by atoms with Gasteiger partial charge in [-0.25, -0.2) is 5.53 Å². The molecule has 0 saturated carbocycles. The van der Waals surface area contributed by atoms with Crippen LogP contribution in [-0.2, 0) is 0 Å². The Morgan fingerprint density at radius 1 is 1.07 bits per heavy atom. The summed E-state index contributed by atoms with van der Waals surface area (Å²) in [6.45, 7) is 1.67. The van der Waals surface area contributed by atoms with Crippen LogP contribution in [0.3, 0.4) is 0 Å². The van der Waals surface area contributed by atoms with Gasteiger partial charge >= 0.3 is 0 Å². The second-order valence-electron chi connectivity index (χ2n) is 2.82. The van der Waals surface area contributed by atoms with E-state index in [1.807, 2.05) is 36.4 Å². The first-order valence-electron chi connectivity index (χ1n) is 4.40. The zero-order valence-corrected chi connectivity index (χ0v) is 8.32.